The van der Waals surface area contributed by atoms with Gasteiger partial charge in [-0.25, -0.2) is 0 Å². The fourth-order valence-electron chi connectivity index (χ4n) is 3.30. The van der Waals surface area contributed by atoms with Crippen molar-refractivity contribution in [2.75, 3.05) is 44.7 Å². The molecular weight excluding hydrogens is 369 g/mol. The molecule has 0 aliphatic carbocycles. The van der Waals surface area contributed by atoms with Gasteiger partial charge in [-0.15, -0.1) is 0 Å². The van der Waals surface area contributed by atoms with Crippen LogP contribution in [0.5, 0.6) is 0 Å². The maximum absolute atomic E-state index is 12.6. The summed E-state index contributed by atoms with van der Waals surface area (Å²) in [5.41, 5.74) is 2.19. The second-order valence-corrected chi connectivity index (χ2v) is 7.51. The van der Waals surface area contributed by atoms with Crippen LogP contribution in [-0.4, -0.2) is 50.6 Å². The summed E-state index contributed by atoms with van der Waals surface area (Å²) in [5.74, 6) is 0.188. The normalized spacial score (nSPS) is 15.8. The molecule has 1 N–H and O–H groups in total. The third kappa shape index (κ3) is 4.70. The molecule has 3 rings (SSSR count). The average Bonchev–Trinajstić information content (AvgIpc) is 2.66. The molecule has 6 heteroatoms. The number of nitrogens with one attached hydrogen (secondary N) is 1. The first-order chi connectivity index (χ1) is 12.5. The van der Waals surface area contributed by atoms with E-state index < -0.39 is 0 Å². The molecule has 138 valence electrons. The van der Waals surface area contributed by atoms with E-state index >= 15 is 0 Å². The number of hydrogen-bond donors (Lipinski definition) is 1. The van der Waals surface area contributed by atoms with Gasteiger partial charge in [-0.2, -0.15) is 0 Å². The third-order valence-electron chi connectivity index (χ3n) is 4.73. The predicted octanol–water partition coefficient (Wildman–Crippen LogP) is 2.36. The van der Waals surface area contributed by atoms with Crippen molar-refractivity contribution in [3.63, 3.8) is 0 Å². The summed E-state index contributed by atoms with van der Waals surface area (Å²) in [6, 6.07) is 16.0. The van der Waals surface area contributed by atoms with Crippen molar-refractivity contribution in [1.29, 1.82) is 0 Å². The zero-order valence-corrected chi connectivity index (χ0v) is 16.4. The van der Waals surface area contributed by atoms with Gasteiger partial charge in [0.1, 0.15) is 6.54 Å². The molecule has 1 atom stereocenters. The molecule has 2 aromatic carbocycles. The second kappa shape index (κ2) is 8.76. The van der Waals surface area contributed by atoms with Gasteiger partial charge in [-0.3, -0.25) is 4.79 Å². The Balaban J connectivity index is 1.50. The Morgan fingerprint density at radius 2 is 1.69 bits per heavy atom. The fourth-order valence-corrected chi connectivity index (χ4v) is 3.68. The first-order valence-electron chi connectivity index (χ1n) is 8.86. The van der Waals surface area contributed by atoms with E-state index in [1.165, 1.54) is 5.69 Å². The molecule has 1 unspecified atom stereocenters. The van der Waals surface area contributed by atoms with E-state index in [0.717, 1.165) is 36.6 Å². The summed E-state index contributed by atoms with van der Waals surface area (Å²) in [6.45, 7) is 4.39. The van der Waals surface area contributed by atoms with E-state index in [9.17, 15) is 4.79 Å². The van der Waals surface area contributed by atoms with Gasteiger partial charge in [0.05, 0.1) is 17.1 Å². The fraction of sp³-hybridized carbons (Fsp3) is 0.350. The number of halogens is 2. The number of para-hydroxylation sites is 1. The van der Waals surface area contributed by atoms with Crippen LogP contribution in [-0.2, 0) is 11.3 Å². The SMILES string of the molecule is C[NH+](CC(=O)N1CCN(c2ccccc2)CC1)Cc1cccc(Cl)c1Cl. The lowest BCUT2D eigenvalue weighted by atomic mass is 10.2. The molecule has 1 aliphatic rings. The van der Waals surface area contributed by atoms with Gasteiger partial charge in [-0.1, -0.05) is 53.5 Å². The molecule has 1 fully saturated rings. The van der Waals surface area contributed by atoms with Crippen molar-refractivity contribution in [3.05, 3.63) is 64.1 Å². The highest BCUT2D eigenvalue weighted by molar-refractivity contribution is 6.42. The van der Waals surface area contributed by atoms with Gasteiger partial charge < -0.3 is 14.7 Å². The largest absolute Gasteiger partial charge is 0.368 e. The first kappa shape index (κ1) is 19.0. The zero-order valence-electron chi connectivity index (χ0n) is 14.9. The molecule has 0 saturated carbocycles. The Labute approximate surface area is 164 Å². The van der Waals surface area contributed by atoms with Crippen LogP contribution in [0.15, 0.2) is 48.5 Å². The lowest BCUT2D eigenvalue weighted by molar-refractivity contribution is -0.885. The summed E-state index contributed by atoms with van der Waals surface area (Å²) in [5, 5.41) is 1.14. The Morgan fingerprint density at radius 3 is 2.38 bits per heavy atom. The Hall–Kier alpha value is -1.75. The highest BCUT2D eigenvalue weighted by Crippen LogP contribution is 2.24. The number of rotatable bonds is 5. The molecule has 1 saturated heterocycles. The molecule has 1 heterocycles. The molecule has 0 spiro atoms. The zero-order chi connectivity index (χ0) is 18.5. The first-order valence-corrected chi connectivity index (χ1v) is 9.62. The summed E-state index contributed by atoms with van der Waals surface area (Å²) < 4.78 is 0. The summed E-state index contributed by atoms with van der Waals surface area (Å²) >= 11 is 12.3. The monoisotopic (exact) mass is 392 g/mol. The number of nitrogens with zero attached hydrogens (tertiary/aromatic N) is 2. The van der Waals surface area contributed by atoms with Crippen molar-refractivity contribution >= 4 is 34.8 Å². The minimum atomic E-state index is 0.188. The van der Waals surface area contributed by atoms with E-state index in [2.05, 4.69) is 17.0 Å². The van der Waals surface area contributed by atoms with Crippen molar-refractivity contribution in [2.24, 2.45) is 0 Å². The van der Waals surface area contributed by atoms with Crippen LogP contribution in [0, 0.1) is 0 Å². The molecule has 0 radical (unpaired) electrons. The lowest BCUT2D eigenvalue weighted by Crippen LogP contribution is -3.09. The molecular formula is C20H24Cl2N3O+. The van der Waals surface area contributed by atoms with Gasteiger partial charge in [0.15, 0.2) is 6.54 Å². The number of amides is 1. The van der Waals surface area contributed by atoms with E-state index in [1.54, 1.807) is 6.07 Å². The van der Waals surface area contributed by atoms with Crippen LogP contribution in [0.4, 0.5) is 5.69 Å². The quantitative estimate of drug-likeness (QED) is 0.845. The number of quaternary nitrogens is 1. The second-order valence-electron chi connectivity index (χ2n) is 6.73. The molecule has 26 heavy (non-hydrogen) atoms. The molecule has 0 aromatic heterocycles. The number of anilines is 1. The highest BCUT2D eigenvalue weighted by atomic mass is 35.5. The van der Waals surface area contributed by atoms with E-state index in [1.807, 2.05) is 42.3 Å². The van der Waals surface area contributed by atoms with Crippen LogP contribution in [0.1, 0.15) is 5.56 Å². The van der Waals surface area contributed by atoms with Crippen LogP contribution in [0.3, 0.4) is 0 Å². The van der Waals surface area contributed by atoms with Crippen molar-refractivity contribution in [2.45, 2.75) is 6.54 Å². The number of likely N-dealkylation sites (N-methyl/N-ethyl adjacent to an activating group) is 1. The summed E-state index contributed by atoms with van der Waals surface area (Å²) in [7, 11) is 2.01. The van der Waals surface area contributed by atoms with Crippen molar-refractivity contribution in [3.8, 4) is 0 Å². The summed E-state index contributed by atoms with van der Waals surface area (Å²) in [6.07, 6.45) is 0. The minimum absolute atomic E-state index is 0.188. The Morgan fingerprint density at radius 1 is 1.00 bits per heavy atom. The Bertz CT molecular complexity index is 746. The minimum Gasteiger partial charge on any atom is -0.368 e. The molecule has 2 aromatic rings. The number of piperazine rings is 1. The maximum Gasteiger partial charge on any atom is 0.277 e. The van der Waals surface area contributed by atoms with Crippen molar-refractivity contribution < 1.29 is 9.69 Å². The van der Waals surface area contributed by atoms with E-state index in [4.69, 9.17) is 23.2 Å². The summed E-state index contributed by atoms with van der Waals surface area (Å²) in [4.78, 5) is 18.0. The van der Waals surface area contributed by atoms with Crippen LogP contribution in [0.25, 0.3) is 0 Å². The number of carbonyl (C=O) groups excluding carboxylic acids is 1. The molecule has 0 bridgehead atoms. The number of benzene rings is 2. The van der Waals surface area contributed by atoms with Crippen LogP contribution in [0.2, 0.25) is 10.0 Å². The number of hydrogen-bond acceptors (Lipinski definition) is 2. The van der Waals surface area contributed by atoms with Gasteiger partial charge in [0, 0.05) is 37.4 Å². The standard InChI is InChI=1S/C20H23Cl2N3O/c1-23(14-16-6-5-9-18(21)20(16)22)15-19(26)25-12-10-24(11-13-25)17-7-3-2-4-8-17/h2-9H,10-15H2,1H3/p+1. The van der Waals surface area contributed by atoms with Gasteiger partial charge in [-0.05, 0) is 18.2 Å². The highest BCUT2D eigenvalue weighted by Gasteiger charge is 2.23. The predicted molar refractivity (Wildman–Crippen MR) is 107 cm³/mol. The van der Waals surface area contributed by atoms with Gasteiger partial charge in [0.2, 0.25) is 0 Å². The van der Waals surface area contributed by atoms with Crippen LogP contribution < -0.4 is 9.80 Å². The van der Waals surface area contributed by atoms with E-state index in [-0.39, 0.29) is 5.91 Å². The van der Waals surface area contributed by atoms with Crippen LogP contribution >= 0.6 is 23.2 Å². The van der Waals surface area contributed by atoms with E-state index in [0.29, 0.717) is 23.1 Å². The molecule has 1 aliphatic heterocycles. The Kier molecular flexibility index (Phi) is 6.41. The maximum atomic E-state index is 12.6. The smallest absolute Gasteiger partial charge is 0.277 e. The topological polar surface area (TPSA) is 28.0 Å². The van der Waals surface area contributed by atoms with Gasteiger partial charge >= 0.3 is 0 Å². The van der Waals surface area contributed by atoms with Gasteiger partial charge in [0.25, 0.3) is 5.91 Å². The molecule has 1 amide bonds. The number of carbonyl (C=O) groups is 1. The lowest BCUT2D eigenvalue weighted by Gasteiger charge is -2.36. The van der Waals surface area contributed by atoms with Crippen molar-refractivity contribution in [1.82, 2.24) is 4.90 Å². The molecule has 4 nitrogen and oxygen atoms in total. The third-order valence-corrected chi connectivity index (χ3v) is 5.59. The average molecular weight is 393 g/mol.